The summed E-state index contributed by atoms with van der Waals surface area (Å²) in [5.41, 5.74) is 9.64. The van der Waals surface area contributed by atoms with Crippen LogP contribution in [0.25, 0.3) is 11.5 Å². The van der Waals surface area contributed by atoms with E-state index in [0.29, 0.717) is 34.9 Å². The molecule has 3 aliphatic rings. The number of anilines is 1. The normalized spacial score (nSPS) is 15.4. The molecule has 3 aliphatic heterocycles. The molecule has 5 rings (SSSR count). The Balaban J connectivity index is 1.56. The first-order valence-electron chi connectivity index (χ1n) is 12.4. The van der Waals surface area contributed by atoms with Crippen molar-refractivity contribution >= 4 is 23.4 Å². The molecule has 3 N–H and O–H groups in total. The summed E-state index contributed by atoms with van der Waals surface area (Å²) < 4.78 is 15.2. The Bertz CT molecular complexity index is 1390. The van der Waals surface area contributed by atoms with Crippen molar-refractivity contribution in [1.82, 2.24) is 19.9 Å². The van der Waals surface area contributed by atoms with Crippen molar-refractivity contribution in [2.24, 2.45) is 5.73 Å². The number of rotatable bonds is 9. The van der Waals surface area contributed by atoms with Gasteiger partial charge in [-0.2, -0.15) is 0 Å². The third-order valence-corrected chi connectivity index (χ3v) is 8.28. The molecule has 1 atom stereocenters. The van der Waals surface area contributed by atoms with Gasteiger partial charge in [0, 0.05) is 37.8 Å². The number of likely N-dealkylation sites (N-methyl/N-ethyl adjacent to an activating group) is 1. The highest BCUT2D eigenvalue weighted by molar-refractivity contribution is 7.98. The highest BCUT2D eigenvalue weighted by Gasteiger charge is 2.42. The highest BCUT2D eigenvalue weighted by Crippen LogP contribution is 2.39. The summed E-state index contributed by atoms with van der Waals surface area (Å²) in [6.07, 6.45) is 2.32. The summed E-state index contributed by atoms with van der Waals surface area (Å²) in [6.45, 7) is 5.86. The second-order valence-corrected chi connectivity index (χ2v) is 10.5. The van der Waals surface area contributed by atoms with Crippen LogP contribution < -0.4 is 16.0 Å². The van der Waals surface area contributed by atoms with Crippen molar-refractivity contribution in [2.75, 3.05) is 25.0 Å². The lowest BCUT2D eigenvalue weighted by atomic mass is 9.82. The van der Waals surface area contributed by atoms with E-state index in [1.165, 1.54) is 23.9 Å². The van der Waals surface area contributed by atoms with Crippen molar-refractivity contribution in [3.8, 4) is 11.5 Å². The van der Waals surface area contributed by atoms with Crippen molar-refractivity contribution in [1.29, 1.82) is 0 Å². The average molecular weight is 519 g/mol. The summed E-state index contributed by atoms with van der Waals surface area (Å²) >= 11 is 1.47. The SMILES string of the molecule is CCC(C(N)=O)(c1cc(N(C)C2CNC2)ccc1C)n1cccc2nc(SCc3ccc(F)cc3)nc1-2. The number of halogens is 1. The molecule has 3 heterocycles. The quantitative estimate of drug-likeness (QED) is 0.323. The van der Waals surface area contributed by atoms with E-state index in [4.69, 9.17) is 15.7 Å². The van der Waals surface area contributed by atoms with E-state index in [9.17, 15) is 9.18 Å². The van der Waals surface area contributed by atoms with Crippen molar-refractivity contribution < 1.29 is 9.18 Å². The number of benzene rings is 2. The molecule has 7 nitrogen and oxygen atoms in total. The first-order valence-corrected chi connectivity index (χ1v) is 13.4. The number of amides is 1. The van der Waals surface area contributed by atoms with E-state index < -0.39 is 11.4 Å². The molecular formula is C28H31FN6OS. The number of primary amides is 1. The van der Waals surface area contributed by atoms with Crippen LogP contribution in [0.1, 0.15) is 30.0 Å². The van der Waals surface area contributed by atoms with Gasteiger partial charge in [-0.15, -0.1) is 0 Å². The molecule has 1 amide bonds. The average Bonchev–Trinajstić information content (AvgIpc) is 3.28. The second kappa shape index (κ2) is 10.1. The van der Waals surface area contributed by atoms with Crippen molar-refractivity contribution in [2.45, 2.75) is 42.8 Å². The van der Waals surface area contributed by atoms with Gasteiger partial charge in [0.05, 0.1) is 6.04 Å². The van der Waals surface area contributed by atoms with Crippen LogP contribution in [-0.2, 0) is 16.1 Å². The van der Waals surface area contributed by atoms with Crippen molar-refractivity contribution in [3.63, 3.8) is 0 Å². The maximum Gasteiger partial charge on any atom is 0.248 e. The number of pyridine rings is 1. The first-order chi connectivity index (χ1) is 17.8. The number of carbonyl (C=O) groups excluding carboxylic acids is 1. The van der Waals surface area contributed by atoms with E-state index in [0.717, 1.165) is 35.5 Å². The standard InChI is InChI=1S/C28H31FN6OS/c1-4-28(26(30)36,23-14-21(12-7-18(23)2)34(3)22-15-31-16-22)35-13-5-6-24-25(35)33-27(32-24)37-17-19-8-10-20(29)11-9-19/h5-14,22,31H,4,15-17H2,1-3H3,(H2,30,36). The molecule has 0 bridgehead atoms. The number of hydrogen-bond acceptors (Lipinski definition) is 6. The lowest BCUT2D eigenvalue weighted by Crippen LogP contribution is -2.56. The highest BCUT2D eigenvalue weighted by atomic mass is 32.2. The number of nitrogens with zero attached hydrogens (tertiary/aromatic N) is 4. The summed E-state index contributed by atoms with van der Waals surface area (Å²) in [7, 11) is 2.08. The molecule has 0 radical (unpaired) electrons. The molecule has 1 unspecified atom stereocenters. The summed E-state index contributed by atoms with van der Waals surface area (Å²) in [5, 5.41) is 3.91. The Morgan fingerprint density at radius 2 is 1.97 bits per heavy atom. The number of aryl methyl sites for hydroxylation is 1. The van der Waals surface area contributed by atoms with E-state index in [1.54, 1.807) is 12.1 Å². The van der Waals surface area contributed by atoms with Crippen LogP contribution in [0.4, 0.5) is 10.1 Å². The molecule has 37 heavy (non-hydrogen) atoms. The smallest absolute Gasteiger partial charge is 0.248 e. The molecule has 0 aliphatic carbocycles. The van der Waals surface area contributed by atoms with Crippen molar-refractivity contribution in [3.05, 3.63) is 83.3 Å². The second-order valence-electron chi connectivity index (χ2n) is 9.51. The Hall–Kier alpha value is -3.43. The fraction of sp³-hybridized carbons (Fsp3) is 0.321. The molecule has 0 saturated carbocycles. The molecule has 1 fully saturated rings. The largest absolute Gasteiger partial charge is 0.369 e. The molecular weight excluding hydrogens is 487 g/mol. The lowest BCUT2D eigenvalue weighted by Gasteiger charge is -2.39. The molecule has 0 aromatic heterocycles. The third kappa shape index (κ3) is 4.57. The number of thioether (sulfide) groups is 1. The van der Waals surface area contributed by atoms with Crippen LogP contribution in [-0.4, -0.2) is 46.6 Å². The Labute approximate surface area is 220 Å². The van der Waals surface area contributed by atoms with Crippen LogP contribution in [0.15, 0.2) is 66.0 Å². The topological polar surface area (TPSA) is 89.1 Å². The minimum Gasteiger partial charge on any atom is -0.369 e. The van der Waals surface area contributed by atoms with Gasteiger partial charge in [0.15, 0.2) is 11.0 Å². The molecule has 0 spiro atoms. The fourth-order valence-corrected chi connectivity index (χ4v) is 5.76. The summed E-state index contributed by atoms with van der Waals surface area (Å²) in [4.78, 5) is 25.1. The predicted molar refractivity (Wildman–Crippen MR) is 145 cm³/mol. The van der Waals surface area contributed by atoms with Gasteiger partial charge in [-0.05, 0) is 66.4 Å². The number of carbonyl (C=O) groups is 1. The van der Waals surface area contributed by atoms with Crippen LogP contribution in [0.3, 0.4) is 0 Å². The Kier molecular flexibility index (Phi) is 6.92. The molecule has 2 aromatic carbocycles. The van der Waals surface area contributed by atoms with E-state index in [2.05, 4.69) is 35.5 Å². The fourth-order valence-electron chi connectivity index (χ4n) is 4.96. The zero-order valence-corrected chi connectivity index (χ0v) is 22.1. The van der Waals surface area contributed by atoms with E-state index in [-0.39, 0.29) is 5.82 Å². The number of fused-ring (bicyclic) bond motifs is 1. The monoisotopic (exact) mass is 518 g/mol. The maximum atomic E-state index is 13.4. The Morgan fingerprint density at radius 1 is 1.22 bits per heavy atom. The molecule has 1 saturated heterocycles. The number of imidazole rings is 1. The minimum atomic E-state index is -1.14. The Morgan fingerprint density at radius 3 is 2.62 bits per heavy atom. The van der Waals surface area contributed by atoms with Crippen LogP contribution >= 0.6 is 11.8 Å². The van der Waals surface area contributed by atoms with Crippen LogP contribution in [0.5, 0.6) is 0 Å². The van der Waals surface area contributed by atoms with Crippen LogP contribution in [0, 0.1) is 12.7 Å². The van der Waals surface area contributed by atoms with Gasteiger partial charge in [0.25, 0.3) is 0 Å². The number of aromatic nitrogens is 3. The van der Waals surface area contributed by atoms with Gasteiger partial charge < -0.3 is 20.5 Å². The predicted octanol–water partition coefficient (Wildman–Crippen LogP) is 4.17. The molecule has 2 aromatic rings. The molecule has 9 heteroatoms. The maximum absolute atomic E-state index is 13.4. The van der Waals surface area contributed by atoms with Gasteiger partial charge in [0.2, 0.25) is 5.91 Å². The van der Waals surface area contributed by atoms with Gasteiger partial charge in [-0.1, -0.05) is 36.9 Å². The minimum absolute atomic E-state index is 0.262. The number of nitrogens with one attached hydrogen (secondary N) is 1. The van der Waals surface area contributed by atoms with E-state index >= 15 is 0 Å². The lowest BCUT2D eigenvalue weighted by molar-refractivity contribution is -0.124. The summed E-state index contributed by atoms with van der Waals surface area (Å²) in [6, 6.07) is 16.8. The summed E-state index contributed by atoms with van der Waals surface area (Å²) in [5.74, 6) is 0.507. The number of nitrogens with two attached hydrogens (primary N) is 1. The van der Waals surface area contributed by atoms with E-state index in [1.807, 2.05) is 36.7 Å². The number of hydrogen-bond donors (Lipinski definition) is 2. The zero-order chi connectivity index (χ0) is 26.2. The zero-order valence-electron chi connectivity index (χ0n) is 21.2. The van der Waals surface area contributed by atoms with Gasteiger partial charge >= 0.3 is 0 Å². The first kappa shape index (κ1) is 25.2. The van der Waals surface area contributed by atoms with Gasteiger partial charge in [-0.25, -0.2) is 14.4 Å². The molecule has 192 valence electrons. The van der Waals surface area contributed by atoms with Crippen LogP contribution in [0.2, 0.25) is 0 Å². The van der Waals surface area contributed by atoms with Gasteiger partial charge in [-0.3, -0.25) is 4.79 Å². The third-order valence-electron chi connectivity index (χ3n) is 7.36. The van der Waals surface area contributed by atoms with Gasteiger partial charge in [0.1, 0.15) is 17.1 Å².